The van der Waals surface area contributed by atoms with Crippen LogP contribution >= 0.6 is 11.8 Å². The van der Waals surface area contributed by atoms with Crippen LogP contribution in [0.5, 0.6) is 0 Å². The van der Waals surface area contributed by atoms with E-state index in [-0.39, 0.29) is 5.75 Å². The second-order valence-corrected chi connectivity index (χ2v) is 8.90. The van der Waals surface area contributed by atoms with Crippen LogP contribution in [0.25, 0.3) is 11.1 Å². The zero-order valence-electron chi connectivity index (χ0n) is 13.5. The van der Waals surface area contributed by atoms with E-state index in [4.69, 9.17) is 0 Å². The summed E-state index contributed by atoms with van der Waals surface area (Å²) in [6.45, 7) is 7.89. The Labute approximate surface area is 137 Å². The van der Waals surface area contributed by atoms with Gasteiger partial charge < -0.3 is 0 Å². The molecule has 0 atom stereocenters. The average Bonchev–Trinajstić information content (AvgIpc) is 2.49. The largest absolute Gasteiger partial charge is 0.224 e. The molecule has 0 amide bonds. The number of rotatable bonds is 5. The van der Waals surface area contributed by atoms with Crippen molar-refractivity contribution in [1.29, 1.82) is 0 Å². The Morgan fingerprint density at radius 3 is 2.32 bits per heavy atom. The molecule has 0 unspecified atom stereocenters. The number of aryl methyl sites for hydroxylation is 2. The molecule has 0 saturated carbocycles. The summed E-state index contributed by atoms with van der Waals surface area (Å²) in [6.07, 6.45) is 0. The SMILES string of the molecule is CCSc1ccc(C)cc1-c1cc(S(=O)(=O)CC)ccc1C. The lowest BCUT2D eigenvalue weighted by molar-refractivity contribution is 0.597. The zero-order valence-corrected chi connectivity index (χ0v) is 15.1. The van der Waals surface area contributed by atoms with Crippen molar-refractivity contribution in [2.45, 2.75) is 37.5 Å². The summed E-state index contributed by atoms with van der Waals surface area (Å²) < 4.78 is 24.3. The number of hydrogen-bond acceptors (Lipinski definition) is 3. The van der Waals surface area contributed by atoms with Crippen molar-refractivity contribution in [1.82, 2.24) is 0 Å². The second kappa shape index (κ2) is 6.88. The van der Waals surface area contributed by atoms with E-state index in [1.54, 1.807) is 24.8 Å². The molecule has 2 aromatic carbocycles. The summed E-state index contributed by atoms with van der Waals surface area (Å²) in [7, 11) is -3.19. The minimum absolute atomic E-state index is 0.125. The van der Waals surface area contributed by atoms with Gasteiger partial charge in [0.25, 0.3) is 0 Å². The summed E-state index contributed by atoms with van der Waals surface area (Å²) in [4.78, 5) is 1.60. The molecule has 0 radical (unpaired) electrons. The lowest BCUT2D eigenvalue weighted by Crippen LogP contribution is -2.04. The van der Waals surface area contributed by atoms with Gasteiger partial charge in [-0.15, -0.1) is 11.8 Å². The first-order valence-corrected chi connectivity index (χ1v) is 10.1. The fourth-order valence-corrected chi connectivity index (χ4v) is 4.09. The fraction of sp³-hybridized carbons (Fsp3) is 0.333. The summed E-state index contributed by atoms with van der Waals surface area (Å²) in [5.41, 5.74) is 4.41. The van der Waals surface area contributed by atoms with Gasteiger partial charge in [-0.25, -0.2) is 8.42 Å². The lowest BCUT2D eigenvalue weighted by Gasteiger charge is -2.14. The van der Waals surface area contributed by atoms with E-state index in [2.05, 4.69) is 32.0 Å². The van der Waals surface area contributed by atoms with Gasteiger partial charge in [0.15, 0.2) is 9.84 Å². The minimum Gasteiger partial charge on any atom is -0.224 e. The molecule has 0 aliphatic carbocycles. The Bertz CT molecular complexity index is 778. The van der Waals surface area contributed by atoms with Gasteiger partial charge in [0, 0.05) is 4.90 Å². The highest BCUT2D eigenvalue weighted by Crippen LogP contribution is 2.35. The van der Waals surface area contributed by atoms with Gasteiger partial charge in [0.1, 0.15) is 0 Å². The van der Waals surface area contributed by atoms with Crippen LogP contribution in [0.1, 0.15) is 25.0 Å². The molecular weight excluding hydrogens is 312 g/mol. The molecule has 2 rings (SSSR count). The normalized spacial score (nSPS) is 11.6. The summed E-state index contributed by atoms with van der Waals surface area (Å²) >= 11 is 1.78. The molecule has 0 fully saturated rings. The van der Waals surface area contributed by atoms with Crippen LogP contribution in [0.2, 0.25) is 0 Å². The van der Waals surface area contributed by atoms with Gasteiger partial charge in [0.05, 0.1) is 10.6 Å². The van der Waals surface area contributed by atoms with Crippen molar-refractivity contribution < 1.29 is 8.42 Å². The average molecular weight is 335 g/mol. The lowest BCUT2D eigenvalue weighted by atomic mass is 9.99. The second-order valence-electron chi connectivity index (χ2n) is 5.31. The van der Waals surface area contributed by atoms with E-state index in [1.165, 1.54) is 10.5 Å². The fourth-order valence-electron chi connectivity index (χ4n) is 2.39. The molecule has 0 saturated heterocycles. The van der Waals surface area contributed by atoms with Crippen LogP contribution in [-0.2, 0) is 9.84 Å². The van der Waals surface area contributed by atoms with Crippen LogP contribution in [0.4, 0.5) is 0 Å². The Hall–Kier alpha value is -1.26. The highest BCUT2D eigenvalue weighted by molar-refractivity contribution is 7.99. The summed E-state index contributed by atoms with van der Waals surface area (Å²) in [5.74, 6) is 1.11. The Balaban J connectivity index is 2.67. The van der Waals surface area contributed by atoms with Crippen molar-refractivity contribution in [3.63, 3.8) is 0 Å². The van der Waals surface area contributed by atoms with Crippen LogP contribution in [0.3, 0.4) is 0 Å². The molecule has 0 aliphatic rings. The van der Waals surface area contributed by atoms with E-state index in [9.17, 15) is 8.42 Å². The molecule has 0 aromatic heterocycles. The molecule has 0 bridgehead atoms. The van der Waals surface area contributed by atoms with Crippen molar-refractivity contribution in [2.75, 3.05) is 11.5 Å². The molecular formula is C18H22O2S2. The standard InChI is InChI=1S/C18H22O2S2/c1-5-21-18-10-7-13(3)11-17(18)16-12-15(9-8-14(16)4)22(19,20)6-2/h7-12H,5-6H2,1-4H3. The maximum atomic E-state index is 12.2. The predicted molar refractivity (Wildman–Crippen MR) is 95.5 cm³/mol. The van der Waals surface area contributed by atoms with E-state index < -0.39 is 9.84 Å². The van der Waals surface area contributed by atoms with Gasteiger partial charge in [-0.1, -0.05) is 37.6 Å². The van der Waals surface area contributed by atoms with E-state index >= 15 is 0 Å². The smallest absolute Gasteiger partial charge is 0.178 e. The van der Waals surface area contributed by atoms with Crippen LogP contribution < -0.4 is 0 Å². The van der Waals surface area contributed by atoms with E-state index in [1.807, 2.05) is 19.1 Å². The van der Waals surface area contributed by atoms with Gasteiger partial charge in [-0.05, 0) is 54.5 Å². The summed E-state index contributed by atoms with van der Waals surface area (Å²) in [6, 6.07) is 11.8. The van der Waals surface area contributed by atoms with Crippen molar-refractivity contribution in [3.8, 4) is 11.1 Å². The molecule has 0 N–H and O–H groups in total. The number of sulfone groups is 1. The first kappa shape index (κ1) is 17.1. The van der Waals surface area contributed by atoms with Crippen molar-refractivity contribution >= 4 is 21.6 Å². The predicted octanol–water partition coefficient (Wildman–Crippen LogP) is 4.88. The Kier molecular flexibility index (Phi) is 5.35. The zero-order chi connectivity index (χ0) is 16.3. The molecule has 0 aliphatic heterocycles. The monoisotopic (exact) mass is 334 g/mol. The third-order valence-corrected chi connectivity index (χ3v) is 6.36. The Morgan fingerprint density at radius 1 is 0.955 bits per heavy atom. The maximum absolute atomic E-state index is 12.2. The number of benzene rings is 2. The molecule has 0 heterocycles. The van der Waals surface area contributed by atoms with E-state index in [0.717, 1.165) is 22.4 Å². The first-order valence-electron chi connectivity index (χ1n) is 7.46. The molecule has 118 valence electrons. The highest BCUT2D eigenvalue weighted by Gasteiger charge is 2.15. The molecule has 2 nitrogen and oxygen atoms in total. The number of hydrogen-bond donors (Lipinski definition) is 0. The van der Waals surface area contributed by atoms with Gasteiger partial charge in [0.2, 0.25) is 0 Å². The van der Waals surface area contributed by atoms with Gasteiger partial charge in [-0.3, -0.25) is 0 Å². The topological polar surface area (TPSA) is 34.1 Å². The third kappa shape index (κ3) is 3.55. The maximum Gasteiger partial charge on any atom is 0.178 e. The van der Waals surface area contributed by atoms with Gasteiger partial charge >= 0.3 is 0 Å². The number of thioether (sulfide) groups is 1. The first-order chi connectivity index (χ1) is 10.4. The molecule has 22 heavy (non-hydrogen) atoms. The molecule has 2 aromatic rings. The van der Waals surface area contributed by atoms with E-state index in [0.29, 0.717) is 4.90 Å². The minimum atomic E-state index is -3.19. The quantitative estimate of drug-likeness (QED) is 0.731. The van der Waals surface area contributed by atoms with Gasteiger partial charge in [-0.2, -0.15) is 0 Å². The molecule has 4 heteroatoms. The molecule has 0 spiro atoms. The Morgan fingerprint density at radius 2 is 1.68 bits per heavy atom. The highest BCUT2D eigenvalue weighted by atomic mass is 32.2. The third-order valence-electron chi connectivity index (χ3n) is 3.67. The van der Waals surface area contributed by atoms with Crippen LogP contribution in [0.15, 0.2) is 46.2 Å². The van der Waals surface area contributed by atoms with Crippen LogP contribution in [-0.4, -0.2) is 19.9 Å². The summed E-state index contributed by atoms with van der Waals surface area (Å²) in [5, 5.41) is 0. The van der Waals surface area contributed by atoms with Crippen LogP contribution in [0, 0.1) is 13.8 Å². The van der Waals surface area contributed by atoms with Crippen molar-refractivity contribution in [2.24, 2.45) is 0 Å². The van der Waals surface area contributed by atoms with Crippen molar-refractivity contribution in [3.05, 3.63) is 47.5 Å².